The predicted molar refractivity (Wildman–Crippen MR) is 66.2 cm³/mol. The van der Waals surface area contributed by atoms with E-state index in [-0.39, 0.29) is 0 Å². The third-order valence-corrected chi connectivity index (χ3v) is 13.0. The van der Waals surface area contributed by atoms with Gasteiger partial charge in [-0.05, 0) is 0 Å². The first kappa shape index (κ1) is 13.5. The van der Waals surface area contributed by atoms with Gasteiger partial charge in [0.05, 0.1) is 0 Å². The Labute approximate surface area is 91.5 Å². The average molecular weight is 289 g/mol. The van der Waals surface area contributed by atoms with E-state index in [0.717, 1.165) is 0 Å². The first-order valence-corrected chi connectivity index (χ1v) is 12.9. The molecule has 0 aromatic rings. The fraction of sp³-hybridized carbons (Fsp3) is 0.833. The molecular weight excluding hydrogens is 263 g/mol. The van der Waals surface area contributed by atoms with Gasteiger partial charge >= 0.3 is 91.7 Å². The maximum atomic E-state index is 3.83. The van der Waals surface area contributed by atoms with Crippen molar-refractivity contribution in [1.29, 1.82) is 0 Å². The zero-order chi connectivity index (χ0) is 9.94. The van der Waals surface area contributed by atoms with Crippen molar-refractivity contribution in [2.45, 2.75) is 59.3 Å². The third-order valence-electron chi connectivity index (χ3n) is 2.71. The van der Waals surface area contributed by atoms with E-state index in [1.165, 1.54) is 32.1 Å². The minimum atomic E-state index is -1.04. The summed E-state index contributed by atoms with van der Waals surface area (Å²) in [5.41, 5.74) is 0. The molecule has 0 aliphatic carbocycles. The quantitative estimate of drug-likeness (QED) is 0.436. The summed E-state index contributed by atoms with van der Waals surface area (Å²) in [4.78, 5) is 0. The standard InChI is InChI=1S/2C4H9.C4H7.Sn.H/c3*1-3-4-2;;/h2*1,3-4H2,2H3;3H,1-2,4H2;;. The van der Waals surface area contributed by atoms with Crippen LogP contribution in [0.3, 0.4) is 0 Å². The Morgan fingerprint density at radius 3 is 1.92 bits per heavy atom. The van der Waals surface area contributed by atoms with Crippen molar-refractivity contribution in [2.24, 2.45) is 0 Å². The normalized spacial score (nSPS) is 10.7. The molecule has 0 nitrogen and oxygen atoms in total. The molecule has 13 heavy (non-hydrogen) atoms. The fourth-order valence-electron chi connectivity index (χ4n) is 1.77. The molecule has 78 valence electrons. The number of hydrogen-bond acceptors (Lipinski definition) is 0. The third kappa shape index (κ3) is 8.86. The van der Waals surface area contributed by atoms with Gasteiger partial charge in [0.25, 0.3) is 0 Å². The molecule has 0 aliphatic rings. The molecule has 0 aromatic heterocycles. The first-order valence-electron chi connectivity index (χ1n) is 5.96. The predicted octanol–water partition coefficient (Wildman–Crippen LogP) is 4.39. The maximum absolute atomic E-state index is 3.83. The molecule has 0 radical (unpaired) electrons. The van der Waals surface area contributed by atoms with Crippen molar-refractivity contribution in [2.75, 3.05) is 0 Å². The van der Waals surface area contributed by atoms with E-state index in [2.05, 4.69) is 26.5 Å². The SMILES string of the molecule is C=CC[CH2][SnH]([CH2]CCC)[CH2]CCC. The molecule has 0 heterocycles. The van der Waals surface area contributed by atoms with Crippen molar-refractivity contribution in [3.63, 3.8) is 0 Å². The molecule has 0 saturated heterocycles. The van der Waals surface area contributed by atoms with E-state index in [0.29, 0.717) is 0 Å². The summed E-state index contributed by atoms with van der Waals surface area (Å²) in [6.07, 6.45) is 9.21. The molecule has 0 rings (SSSR count). The van der Waals surface area contributed by atoms with E-state index in [9.17, 15) is 0 Å². The molecule has 0 bridgehead atoms. The van der Waals surface area contributed by atoms with Crippen molar-refractivity contribution in [3.8, 4) is 0 Å². The van der Waals surface area contributed by atoms with Crippen LogP contribution >= 0.6 is 0 Å². The van der Waals surface area contributed by atoms with Gasteiger partial charge in [0.15, 0.2) is 0 Å². The Morgan fingerprint density at radius 1 is 1.00 bits per heavy atom. The summed E-state index contributed by atoms with van der Waals surface area (Å²) >= 11 is -1.04. The van der Waals surface area contributed by atoms with Gasteiger partial charge in [0, 0.05) is 0 Å². The second kappa shape index (κ2) is 10.6. The van der Waals surface area contributed by atoms with Gasteiger partial charge < -0.3 is 0 Å². The van der Waals surface area contributed by atoms with Crippen molar-refractivity contribution < 1.29 is 0 Å². The van der Waals surface area contributed by atoms with Crippen LogP contribution in [0.5, 0.6) is 0 Å². The monoisotopic (exact) mass is 290 g/mol. The molecule has 0 amide bonds. The number of rotatable bonds is 9. The number of allylic oxidation sites excluding steroid dienone is 1. The van der Waals surface area contributed by atoms with Crippen LogP contribution in [-0.4, -0.2) is 19.8 Å². The Hall–Kier alpha value is 0.539. The van der Waals surface area contributed by atoms with Crippen LogP contribution in [0.15, 0.2) is 12.7 Å². The summed E-state index contributed by atoms with van der Waals surface area (Å²) in [5.74, 6) is 0. The molecule has 0 saturated carbocycles. The average Bonchev–Trinajstić information content (AvgIpc) is 2.17. The fourth-order valence-corrected chi connectivity index (χ4v) is 11.9. The van der Waals surface area contributed by atoms with Crippen molar-refractivity contribution >= 4 is 19.8 Å². The van der Waals surface area contributed by atoms with Gasteiger partial charge in [0.2, 0.25) is 0 Å². The van der Waals surface area contributed by atoms with Gasteiger partial charge in [-0.25, -0.2) is 0 Å². The Balaban J connectivity index is 3.52. The summed E-state index contributed by atoms with van der Waals surface area (Å²) in [5, 5.41) is 0. The van der Waals surface area contributed by atoms with Crippen LogP contribution in [0.2, 0.25) is 13.3 Å². The second-order valence-electron chi connectivity index (χ2n) is 4.02. The summed E-state index contributed by atoms with van der Waals surface area (Å²) in [6.45, 7) is 8.46. The Morgan fingerprint density at radius 2 is 1.54 bits per heavy atom. The van der Waals surface area contributed by atoms with Gasteiger partial charge in [-0.3, -0.25) is 0 Å². The summed E-state index contributed by atoms with van der Waals surface area (Å²) in [6, 6.07) is 0. The molecule has 0 aliphatic heterocycles. The zero-order valence-corrected chi connectivity index (χ0v) is 12.8. The first-order chi connectivity index (χ1) is 6.35. The molecule has 0 fully saturated rings. The van der Waals surface area contributed by atoms with E-state index >= 15 is 0 Å². The van der Waals surface area contributed by atoms with Crippen LogP contribution in [0.1, 0.15) is 46.0 Å². The summed E-state index contributed by atoms with van der Waals surface area (Å²) < 4.78 is 4.86. The van der Waals surface area contributed by atoms with E-state index in [1.807, 2.05) is 0 Å². The van der Waals surface area contributed by atoms with Crippen LogP contribution in [0.25, 0.3) is 0 Å². The molecule has 0 unspecified atom stereocenters. The van der Waals surface area contributed by atoms with Gasteiger partial charge in [0.1, 0.15) is 0 Å². The Kier molecular flexibility index (Phi) is 11.1. The van der Waals surface area contributed by atoms with Crippen molar-refractivity contribution in [3.05, 3.63) is 12.7 Å². The van der Waals surface area contributed by atoms with Crippen LogP contribution < -0.4 is 0 Å². The van der Waals surface area contributed by atoms with Crippen LogP contribution in [-0.2, 0) is 0 Å². The van der Waals surface area contributed by atoms with E-state index in [4.69, 9.17) is 0 Å². The second-order valence-corrected chi connectivity index (χ2v) is 13.9. The van der Waals surface area contributed by atoms with Gasteiger partial charge in [-0.2, -0.15) is 0 Å². The molecule has 0 N–H and O–H groups in total. The minimum absolute atomic E-state index is 1.04. The zero-order valence-electron chi connectivity index (χ0n) is 9.52. The van der Waals surface area contributed by atoms with Crippen LogP contribution in [0.4, 0.5) is 0 Å². The molecular formula is C12H26Sn. The van der Waals surface area contributed by atoms with Crippen molar-refractivity contribution in [1.82, 2.24) is 0 Å². The van der Waals surface area contributed by atoms with E-state index in [1.54, 1.807) is 13.3 Å². The molecule has 0 atom stereocenters. The number of hydrogen-bond donors (Lipinski definition) is 0. The summed E-state index contributed by atoms with van der Waals surface area (Å²) in [7, 11) is 0. The molecule has 1 heteroatoms. The Bertz CT molecular complexity index is 102. The molecule has 0 aromatic carbocycles. The van der Waals surface area contributed by atoms with Gasteiger partial charge in [-0.1, -0.05) is 0 Å². The van der Waals surface area contributed by atoms with E-state index < -0.39 is 19.8 Å². The number of unbranched alkanes of at least 4 members (excludes halogenated alkanes) is 2. The topological polar surface area (TPSA) is 0 Å². The van der Waals surface area contributed by atoms with Crippen LogP contribution in [0, 0.1) is 0 Å². The molecule has 0 spiro atoms. The van der Waals surface area contributed by atoms with Gasteiger partial charge in [-0.15, -0.1) is 0 Å².